The fourth-order valence-electron chi connectivity index (χ4n) is 1.09. The van der Waals surface area contributed by atoms with Crippen molar-refractivity contribution in [2.75, 3.05) is 12.4 Å². The Morgan fingerprint density at radius 3 is 2.94 bits per heavy atom. The van der Waals surface area contributed by atoms with Crippen molar-refractivity contribution < 1.29 is 17.9 Å². The van der Waals surface area contributed by atoms with E-state index in [-0.39, 0.29) is 25.3 Å². The summed E-state index contributed by atoms with van der Waals surface area (Å²) in [6, 6.07) is 1.66. The second-order valence-electron chi connectivity index (χ2n) is 3.28. The number of carbonyl (C=O) groups excluding carboxylic acids is 1. The van der Waals surface area contributed by atoms with Crippen LogP contribution in [0.5, 0.6) is 0 Å². The molecule has 17 heavy (non-hydrogen) atoms. The Labute approximate surface area is 99.6 Å². The first kappa shape index (κ1) is 13.7. The minimum atomic E-state index is -3.47. The number of H-pyrrole nitrogens is 1. The van der Waals surface area contributed by atoms with Crippen molar-refractivity contribution in [1.29, 1.82) is 0 Å². The van der Waals surface area contributed by atoms with E-state index in [1.165, 1.54) is 6.20 Å². The number of ether oxygens (including phenoxy) is 1. The summed E-state index contributed by atoms with van der Waals surface area (Å²) in [7, 11) is -3.47. The van der Waals surface area contributed by atoms with Gasteiger partial charge in [-0.1, -0.05) is 0 Å². The Bertz CT molecular complexity index is 441. The fourth-order valence-corrected chi connectivity index (χ4v) is 2.05. The minimum Gasteiger partial charge on any atom is -0.466 e. The number of esters is 1. The van der Waals surface area contributed by atoms with Crippen molar-refractivity contribution in [2.45, 2.75) is 19.9 Å². The molecule has 1 rings (SSSR count). The lowest BCUT2D eigenvalue weighted by molar-refractivity contribution is -0.142. The molecule has 0 saturated carbocycles. The number of aromatic nitrogens is 2. The Morgan fingerprint density at radius 1 is 1.59 bits per heavy atom. The van der Waals surface area contributed by atoms with Crippen LogP contribution in [0.3, 0.4) is 0 Å². The second kappa shape index (κ2) is 6.36. The van der Waals surface area contributed by atoms with Gasteiger partial charge in [0.25, 0.3) is 0 Å². The summed E-state index contributed by atoms with van der Waals surface area (Å²) < 4.78 is 30.0. The highest BCUT2D eigenvalue weighted by molar-refractivity contribution is 7.89. The van der Waals surface area contributed by atoms with E-state index in [1.807, 2.05) is 0 Å². The fraction of sp³-hybridized carbons (Fsp3) is 0.556. The van der Waals surface area contributed by atoms with Gasteiger partial charge in [0, 0.05) is 6.20 Å². The zero-order valence-electron chi connectivity index (χ0n) is 9.47. The molecule has 0 radical (unpaired) electrons. The quantitative estimate of drug-likeness (QED) is 0.661. The average molecular weight is 261 g/mol. The molecule has 0 bridgehead atoms. The van der Waals surface area contributed by atoms with Gasteiger partial charge in [-0.05, 0) is 13.0 Å². The largest absolute Gasteiger partial charge is 0.466 e. The van der Waals surface area contributed by atoms with Gasteiger partial charge in [-0.3, -0.25) is 9.89 Å². The zero-order valence-corrected chi connectivity index (χ0v) is 10.3. The third-order valence-electron chi connectivity index (χ3n) is 1.92. The summed E-state index contributed by atoms with van der Waals surface area (Å²) in [6.07, 6.45) is 1.38. The van der Waals surface area contributed by atoms with E-state index in [0.717, 1.165) is 0 Å². The van der Waals surface area contributed by atoms with Crippen LogP contribution in [-0.4, -0.2) is 36.9 Å². The van der Waals surface area contributed by atoms with Crippen LogP contribution in [0.4, 0.5) is 0 Å². The van der Waals surface area contributed by atoms with Crippen molar-refractivity contribution in [3.05, 3.63) is 18.0 Å². The molecule has 0 amide bonds. The molecule has 0 saturated heterocycles. The van der Waals surface area contributed by atoms with Crippen LogP contribution in [0.15, 0.2) is 12.3 Å². The number of nitrogens with one attached hydrogen (secondary N) is 2. The number of hydrogen-bond acceptors (Lipinski definition) is 5. The lowest BCUT2D eigenvalue weighted by atomic mass is 10.4. The predicted octanol–water partition coefficient (Wildman–Crippen LogP) is -0.218. The SMILES string of the molecule is CCOC(=O)CCS(=O)(=O)NCc1ccn[nH]1. The number of carbonyl (C=O) groups is 1. The van der Waals surface area contributed by atoms with Gasteiger partial charge in [0.05, 0.1) is 31.0 Å². The third-order valence-corrected chi connectivity index (χ3v) is 3.25. The molecule has 1 aromatic rings. The highest BCUT2D eigenvalue weighted by atomic mass is 32.2. The van der Waals surface area contributed by atoms with E-state index in [9.17, 15) is 13.2 Å². The molecule has 0 aliphatic rings. The maximum absolute atomic E-state index is 11.5. The molecule has 0 aliphatic carbocycles. The van der Waals surface area contributed by atoms with Crippen molar-refractivity contribution in [1.82, 2.24) is 14.9 Å². The van der Waals surface area contributed by atoms with Crippen LogP contribution in [0.1, 0.15) is 19.0 Å². The zero-order chi connectivity index (χ0) is 12.7. The number of aromatic amines is 1. The molecule has 1 aromatic heterocycles. The smallest absolute Gasteiger partial charge is 0.306 e. The van der Waals surface area contributed by atoms with E-state index in [2.05, 4.69) is 19.7 Å². The second-order valence-corrected chi connectivity index (χ2v) is 5.20. The van der Waals surface area contributed by atoms with Gasteiger partial charge < -0.3 is 4.74 Å². The molecule has 0 aromatic carbocycles. The molecule has 0 fully saturated rings. The monoisotopic (exact) mass is 261 g/mol. The maximum Gasteiger partial charge on any atom is 0.306 e. The Balaban J connectivity index is 2.33. The molecule has 1 heterocycles. The molecule has 0 atom stereocenters. The van der Waals surface area contributed by atoms with Crippen LogP contribution >= 0.6 is 0 Å². The lowest BCUT2D eigenvalue weighted by Crippen LogP contribution is -2.27. The number of sulfonamides is 1. The highest BCUT2D eigenvalue weighted by Crippen LogP contribution is 1.96. The molecule has 0 unspecified atom stereocenters. The van der Waals surface area contributed by atoms with Crippen molar-refractivity contribution >= 4 is 16.0 Å². The first-order valence-electron chi connectivity index (χ1n) is 5.14. The molecule has 2 N–H and O–H groups in total. The van der Waals surface area contributed by atoms with Crippen LogP contribution in [0.25, 0.3) is 0 Å². The van der Waals surface area contributed by atoms with Crippen LogP contribution in [0.2, 0.25) is 0 Å². The predicted molar refractivity (Wildman–Crippen MR) is 60.5 cm³/mol. The normalized spacial score (nSPS) is 11.4. The summed E-state index contributed by atoms with van der Waals surface area (Å²) in [5.74, 6) is -0.792. The molecule has 96 valence electrons. The minimum absolute atomic E-state index is 0.130. The first-order valence-corrected chi connectivity index (χ1v) is 6.80. The average Bonchev–Trinajstić information content (AvgIpc) is 2.77. The van der Waals surface area contributed by atoms with Gasteiger partial charge in [0.2, 0.25) is 10.0 Å². The molecule has 0 aliphatic heterocycles. The van der Waals surface area contributed by atoms with Gasteiger partial charge in [-0.25, -0.2) is 13.1 Å². The Morgan fingerprint density at radius 2 is 2.35 bits per heavy atom. The van der Waals surface area contributed by atoms with Gasteiger partial charge in [0.15, 0.2) is 0 Å². The topological polar surface area (TPSA) is 101 Å². The summed E-state index contributed by atoms with van der Waals surface area (Å²) in [6.45, 7) is 2.05. The highest BCUT2D eigenvalue weighted by Gasteiger charge is 2.13. The van der Waals surface area contributed by atoms with Crippen molar-refractivity contribution in [3.8, 4) is 0 Å². The number of rotatable bonds is 7. The maximum atomic E-state index is 11.5. The number of nitrogens with zero attached hydrogens (tertiary/aromatic N) is 1. The summed E-state index contributed by atoms with van der Waals surface area (Å²) in [5, 5.41) is 6.31. The van der Waals surface area contributed by atoms with E-state index in [1.54, 1.807) is 13.0 Å². The molecule has 8 heteroatoms. The Hall–Kier alpha value is -1.41. The van der Waals surface area contributed by atoms with Gasteiger partial charge >= 0.3 is 5.97 Å². The van der Waals surface area contributed by atoms with E-state index in [4.69, 9.17) is 0 Å². The molecule has 0 spiro atoms. The van der Waals surface area contributed by atoms with Crippen LogP contribution in [0, 0.1) is 0 Å². The summed E-state index contributed by atoms with van der Waals surface area (Å²) in [5.41, 5.74) is 0.657. The van der Waals surface area contributed by atoms with E-state index >= 15 is 0 Å². The summed E-state index contributed by atoms with van der Waals surface area (Å²) >= 11 is 0. The first-order chi connectivity index (χ1) is 8.03. The van der Waals surface area contributed by atoms with Crippen LogP contribution < -0.4 is 4.72 Å². The standard InChI is InChI=1S/C9H15N3O4S/c1-2-16-9(13)4-6-17(14,15)11-7-8-3-5-10-12-8/h3,5,11H,2,4,6-7H2,1H3,(H,10,12). The molecule has 7 nitrogen and oxygen atoms in total. The number of hydrogen-bond donors (Lipinski definition) is 2. The summed E-state index contributed by atoms with van der Waals surface area (Å²) in [4.78, 5) is 11.0. The lowest BCUT2D eigenvalue weighted by Gasteiger charge is -2.05. The molecular formula is C9H15N3O4S. The van der Waals surface area contributed by atoms with Crippen LogP contribution in [-0.2, 0) is 26.1 Å². The Kier molecular flexibility index (Phi) is 5.11. The van der Waals surface area contributed by atoms with E-state index < -0.39 is 16.0 Å². The van der Waals surface area contributed by atoms with Crippen molar-refractivity contribution in [3.63, 3.8) is 0 Å². The van der Waals surface area contributed by atoms with E-state index in [0.29, 0.717) is 5.69 Å². The van der Waals surface area contributed by atoms with Gasteiger partial charge in [-0.15, -0.1) is 0 Å². The molecular weight excluding hydrogens is 246 g/mol. The van der Waals surface area contributed by atoms with Crippen molar-refractivity contribution in [2.24, 2.45) is 0 Å². The third kappa shape index (κ3) is 5.45. The van der Waals surface area contributed by atoms with Gasteiger partial charge in [-0.2, -0.15) is 5.10 Å². The van der Waals surface area contributed by atoms with Gasteiger partial charge in [0.1, 0.15) is 0 Å².